The van der Waals surface area contributed by atoms with Gasteiger partial charge in [0, 0.05) is 21.1 Å². The topological polar surface area (TPSA) is 42.0 Å². The van der Waals surface area contributed by atoms with E-state index in [2.05, 4.69) is 26.2 Å². The van der Waals surface area contributed by atoms with E-state index in [9.17, 15) is 9.18 Å². The fourth-order valence-electron chi connectivity index (χ4n) is 2.26. The zero-order valence-corrected chi connectivity index (χ0v) is 13.3. The maximum atomic E-state index is 13.2. The minimum Gasteiger partial charge on any atom is -0.321 e. The first-order valence-corrected chi connectivity index (χ1v) is 7.46. The number of pyridine rings is 1. The molecular weight excluding hydrogens is 347 g/mol. The molecule has 1 amide bonds. The van der Waals surface area contributed by atoms with E-state index in [0.717, 1.165) is 21.1 Å². The summed E-state index contributed by atoms with van der Waals surface area (Å²) in [6.07, 6.45) is 0. The molecule has 0 bridgehead atoms. The number of halogens is 2. The van der Waals surface area contributed by atoms with E-state index in [-0.39, 0.29) is 11.5 Å². The molecule has 2 aromatic carbocycles. The maximum absolute atomic E-state index is 13.2. The molecule has 1 heterocycles. The highest BCUT2D eigenvalue weighted by Gasteiger charge is 2.11. The first-order valence-electron chi connectivity index (χ1n) is 6.67. The number of aryl methyl sites for hydroxylation is 1. The van der Waals surface area contributed by atoms with Crippen LogP contribution in [0.4, 0.5) is 10.1 Å². The average Bonchev–Trinajstić information content (AvgIpc) is 2.48. The summed E-state index contributed by atoms with van der Waals surface area (Å²) in [5, 5.41) is 3.65. The molecule has 0 unspecified atom stereocenters. The number of carbonyl (C=O) groups is 1. The van der Waals surface area contributed by atoms with Crippen LogP contribution in [0.25, 0.3) is 10.9 Å². The molecule has 0 fully saturated rings. The van der Waals surface area contributed by atoms with Crippen LogP contribution in [0, 0.1) is 12.7 Å². The summed E-state index contributed by atoms with van der Waals surface area (Å²) in [7, 11) is 0. The smallest absolute Gasteiger partial charge is 0.255 e. The van der Waals surface area contributed by atoms with Crippen LogP contribution in [0.5, 0.6) is 0 Å². The Hall–Kier alpha value is -2.27. The Morgan fingerprint density at radius 1 is 1.18 bits per heavy atom. The SMILES string of the molecule is Cc1cc(NC(=O)c2cccc(F)c2)c2cc(Br)ccc2n1. The van der Waals surface area contributed by atoms with Crippen molar-refractivity contribution in [3.63, 3.8) is 0 Å². The number of fused-ring (bicyclic) bond motifs is 1. The van der Waals surface area contributed by atoms with Gasteiger partial charge in [0.2, 0.25) is 0 Å². The molecule has 22 heavy (non-hydrogen) atoms. The first kappa shape index (κ1) is 14.7. The van der Waals surface area contributed by atoms with Crippen molar-refractivity contribution in [2.75, 3.05) is 5.32 Å². The second-order valence-corrected chi connectivity index (χ2v) is 5.85. The van der Waals surface area contributed by atoms with Crippen molar-refractivity contribution in [2.45, 2.75) is 6.92 Å². The lowest BCUT2D eigenvalue weighted by Gasteiger charge is -2.10. The number of rotatable bonds is 2. The van der Waals surface area contributed by atoms with Crippen LogP contribution in [0.15, 0.2) is 53.0 Å². The first-order chi connectivity index (χ1) is 10.5. The van der Waals surface area contributed by atoms with Crippen LogP contribution < -0.4 is 5.32 Å². The highest BCUT2D eigenvalue weighted by atomic mass is 79.9. The van der Waals surface area contributed by atoms with Crippen molar-refractivity contribution in [1.29, 1.82) is 0 Å². The molecule has 0 atom stereocenters. The monoisotopic (exact) mass is 358 g/mol. The van der Waals surface area contributed by atoms with E-state index in [1.165, 1.54) is 18.2 Å². The minimum atomic E-state index is -0.439. The van der Waals surface area contributed by atoms with Gasteiger partial charge in [0.15, 0.2) is 0 Å². The van der Waals surface area contributed by atoms with Crippen LogP contribution in [-0.2, 0) is 0 Å². The fraction of sp³-hybridized carbons (Fsp3) is 0.0588. The van der Waals surface area contributed by atoms with Gasteiger partial charge in [0.1, 0.15) is 5.82 Å². The zero-order chi connectivity index (χ0) is 15.7. The third-order valence-corrected chi connectivity index (χ3v) is 3.73. The van der Waals surface area contributed by atoms with E-state index < -0.39 is 5.82 Å². The summed E-state index contributed by atoms with van der Waals surface area (Å²) in [5.41, 5.74) is 2.51. The van der Waals surface area contributed by atoms with Gasteiger partial charge in [-0.05, 0) is 49.4 Å². The van der Waals surface area contributed by atoms with Gasteiger partial charge in [0.25, 0.3) is 5.91 Å². The Labute approximate surface area is 135 Å². The van der Waals surface area contributed by atoms with Crippen molar-refractivity contribution in [2.24, 2.45) is 0 Å². The highest BCUT2D eigenvalue weighted by Crippen LogP contribution is 2.27. The van der Waals surface area contributed by atoms with Gasteiger partial charge in [-0.15, -0.1) is 0 Å². The number of aromatic nitrogens is 1. The lowest BCUT2D eigenvalue weighted by atomic mass is 10.1. The normalized spacial score (nSPS) is 10.7. The Bertz CT molecular complexity index is 880. The van der Waals surface area contributed by atoms with Crippen LogP contribution in [0.2, 0.25) is 0 Å². The number of nitrogens with zero attached hydrogens (tertiary/aromatic N) is 1. The fourth-order valence-corrected chi connectivity index (χ4v) is 2.62. The summed E-state index contributed by atoms with van der Waals surface area (Å²) in [6.45, 7) is 1.86. The molecule has 0 aliphatic carbocycles. The Morgan fingerprint density at radius 2 is 2.00 bits per heavy atom. The van der Waals surface area contributed by atoms with Crippen molar-refractivity contribution in [3.8, 4) is 0 Å². The van der Waals surface area contributed by atoms with Gasteiger partial charge in [0.05, 0.1) is 11.2 Å². The number of carbonyl (C=O) groups excluding carboxylic acids is 1. The minimum absolute atomic E-state index is 0.276. The summed E-state index contributed by atoms with van der Waals surface area (Å²) in [4.78, 5) is 16.7. The molecule has 5 heteroatoms. The average molecular weight is 359 g/mol. The lowest BCUT2D eigenvalue weighted by Crippen LogP contribution is -2.12. The Kier molecular flexibility index (Phi) is 3.90. The van der Waals surface area contributed by atoms with Gasteiger partial charge in [-0.2, -0.15) is 0 Å². The van der Waals surface area contributed by atoms with Crippen molar-refractivity contribution >= 4 is 38.4 Å². The number of hydrogen-bond donors (Lipinski definition) is 1. The number of amides is 1. The largest absolute Gasteiger partial charge is 0.321 e. The second kappa shape index (κ2) is 5.85. The summed E-state index contributed by atoms with van der Waals surface area (Å²) in [6, 6.07) is 13.1. The lowest BCUT2D eigenvalue weighted by molar-refractivity contribution is 0.102. The molecule has 0 aliphatic heterocycles. The molecule has 3 aromatic rings. The second-order valence-electron chi connectivity index (χ2n) is 4.94. The van der Waals surface area contributed by atoms with Gasteiger partial charge in [-0.25, -0.2) is 4.39 Å². The third-order valence-electron chi connectivity index (χ3n) is 3.23. The quantitative estimate of drug-likeness (QED) is 0.721. The summed E-state index contributed by atoms with van der Waals surface area (Å²) in [5.74, 6) is -0.794. The molecular formula is C17H12BrFN2O. The van der Waals surface area contributed by atoms with Crippen molar-refractivity contribution in [3.05, 3.63) is 70.1 Å². The summed E-state index contributed by atoms with van der Waals surface area (Å²) >= 11 is 3.42. The molecule has 0 aliphatic rings. The molecule has 110 valence electrons. The van der Waals surface area contributed by atoms with Gasteiger partial charge in [-0.3, -0.25) is 9.78 Å². The standard InChI is InChI=1S/C17H12BrFN2O/c1-10-7-16(14-9-12(18)5-6-15(14)20-10)21-17(22)11-3-2-4-13(19)8-11/h2-9H,1H3,(H,20,21,22). The van der Waals surface area contributed by atoms with Crippen LogP contribution in [0.1, 0.15) is 16.1 Å². The van der Waals surface area contributed by atoms with Crippen molar-refractivity contribution < 1.29 is 9.18 Å². The molecule has 0 spiro atoms. The van der Waals surface area contributed by atoms with Crippen LogP contribution >= 0.6 is 15.9 Å². The molecule has 3 rings (SSSR count). The number of benzene rings is 2. The Morgan fingerprint density at radius 3 is 2.77 bits per heavy atom. The predicted molar refractivity (Wildman–Crippen MR) is 88.5 cm³/mol. The highest BCUT2D eigenvalue weighted by molar-refractivity contribution is 9.10. The molecule has 0 saturated heterocycles. The van der Waals surface area contributed by atoms with Gasteiger partial charge < -0.3 is 5.32 Å². The number of anilines is 1. The number of hydrogen-bond acceptors (Lipinski definition) is 2. The van der Waals surface area contributed by atoms with E-state index in [1.807, 2.05) is 25.1 Å². The van der Waals surface area contributed by atoms with E-state index in [4.69, 9.17) is 0 Å². The van der Waals surface area contributed by atoms with Gasteiger partial charge >= 0.3 is 0 Å². The zero-order valence-electron chi connectivity index (χ0n) is 11.7. The van der Waals surface area contributed by atoms with E-state index >= 15 is 0 Å². The Balaban J connectivity index is 2.03. The van der Waals surface area contributed by atoms with E-state index in [0.29, 0.717) is 5.69 Å². The molecule has 0 radical (unpaired) electrons. The number of nitrogens with one attached hydrogen (secondary N) is 1. The van der Waals surface area contributed by atoms with Crippen LogP contribution in [0.3, 0.4) is 0 Å². The molecule has 1 aromatic heterocycles. The molecule has 3 nitrogen and oxygen atoms in total. The molecule has 1 N–H and O–H groups in total. The summed E-state index contributed by atoms with van der Waals surface area (Å²) < 4.78 is 14.1. The van der Waals surface area contributed by atoms with Crippen molar-refractivity contribution in [1.82, 2.24) is 4.98 Å². The van der Waals surface area contributed by atoms with E-state index in [1.54, 1.807) is 12.1 Å². The third kappa shape index (κ3) is 2.99. The molecule has 0 saturated carbocycles. The van der Waals surface area contributed by atoms with Crippen LogP contribution in [-0.4, -0.2) is 10.9 Å². The maximum Gasteiger partial charge on any atom is 0.255 e. The predicted octanol–water partition coefficient (Wildman–Crippen LogP) is 4.70. The van der Waals surface area contributed by atoms with Gasteiger partial charge in [-0.1, -0.05) is 22.0 Å².